The van der Waals surface area contributed by atoms with Crippen molar-refractivity contribution in [2.24, 2.45) is 17.8 Å². The van der Waals surface area contributed by atoms with Gasteiger partial charge in [-0.05, 0) is 36.8 Å². The highest BCUT2D eigenvalue weighted by Gasteiger charge is 2.55. The van der Waals surface area contributed by atoms with Crippen molar-refractivity contribution in [1.82, 2.24) is 0 Å². The first-order chi connectivity index (χ1) is 10.2. The summed E-state index contributed by atoms with van der Waals surface area (Å²) in [4.78, 5) is 12.8. The number of carbonyl (C=O) groups excluding carboxylic acids is 1. The minimum absolute atomic E-state index is 0.180. The first-order valence-corrected chi connectivity index (χ1v) is 7.56. The Bertz CT molecular complexity index is 540. The van der Waals surface area contributed by atoms with Gasteiger partial charge < -0.3 is 14.2 Å². The molecule has 21 heavy (non-hydrogen) atoms. The van der Waals surface area contributed by atoms with Gasteiger partial charge in [-0.1, -0.05) is 12.8 Å². The summed E-state index contributed by atoms with van der Waals surface area (Å²) in [5.74, 6) is 3.12. The second-order valence-corrected chi connectivity index (χ2v) is 5.88. The third-order valence-electron chi connectivity index (χ3n) is 4.93. The number of methoxy groups -OCH3 is 3. The monoisotopic (exact) mass is 290 g/mol. The number of carbonyl (C=O) groups is 1. The van der Waals surface area contributed by atoms with E-state index in [4.69, 9.17) is 14.2 Å². The Balaban J connectivity index is 1.93. The van der Waals surface area contributed by atoms with Crippen molar-refractivity contribution < 1.29 is 19.0 Å². The Morgan fingerprint density at radius 3 is 2.10 bits per heavy atom. The molecule has 114 valence electrons. The molecule has 2 fully saturated rings. The highest BCUT2D eigenvalue weighted by atomic mass is 16.5. The third kappa shape index (κ3) is 2.27. The maximum absolute atomic E-state index is 12.8. The molecule has 0 amide bonds. The van der Waals surface area contributed by atoms with Crippen molar-refractivity contribution >= 4 is 5.78 Å². The molecule has 1 aromatic carbocycles. The van der Waals surface area contributed by atoms with Crippen LogP contribution in [-0.4, -0.2) is 27.1 Å². The number of ether oxygens (including phenoxy) is 3. The number of rotatable bonds is 5. The summed E-state index contributed by atoms with van der Waals surface area (Å²) in [6.45, 7) is 0. The van der Waals surface area contributed by atoms with E-state index in [1.807, 2.05) is 0 Å². The van der Waals surface area contributed by atoms with Gasteiger partial charge in [0, 0.05) is 5.92 Å². The van der Waals surface area contributed by atoms with Gasteiger partial charge in [0.15, 0.2) is 17.3 Å². The Kier molecular flexibility index (Phi) is 3.79. The van der Waals surface area contributed by atoms with Gasteiger partial charge in [0.1, 0.15) is 0 Å². The highest BCUT2D eigenvalue weighted by molar-refractivity contribution is 6.03. The van der Waals surface area contributed by atoms with Gasteiger partial charge in [0.05, 0.1) is 26.9 Å². The van der Waals surface area contributed by atoms with Crippen molar-refractivity contribution in [3.63, 3.8) is 0 Å². The van der Waals surface area contributed by atoms with Gasteiger partial charge in [-0.15, -0.1) is 0 Å². The maximum Gasteiger partial charge on any atom is 0.204 e. The number of Topliss-reactive ketones (excluding diaryl/α,β-unsaturated/α-hetero) is 1. The molecule has 0 aromatic heterocycles. The number of hydrogen-bond acceptors (Lipinski definition) is 4. The van der Waals surface area contributed by atoms with Crippen LogP contribution in [0.5, 0.6) is 17.2 Å². The van der Waals surface area contributed by atoms with Crippen molar-refractivity contribution in [2.75, 3.05) is 21.3 Å². The van der Waals surface area contributed by atoms with Crippen LogP contribution in [0.3, 0.4) is 0 Å². The molecule has 2 aliphatic carbocycles. The van der Waals surface area contributed by atoms with Crippen molar-refractivity contribution in [1.29, 1.82) is 0 Å². The van der Waals surface area contributed by atoms with Crippen LogP contribution in [-0.2, 0) is 0 Å². The lowest BCUT2D eigenvalue weighted by molar-refractivity contribution is 0.0952. The minimum Gasteiger partial charge on any atom is -0.493 e. The fourth-order valence-corrected chi connectivity index (χ4v) is 3.86. The smallest absolute Gasteiger partial charge is 0.204 e. The molecule has 0 aliphatic heterocycles. The molecule has 2 aliphatic rings. The Labute approximate surface area is 125 Å². The normalized spacial score (nSPS) is 26.7. The van der Waals surface area contributed by atoms with E-state index in [-0.39, 0.29) is 11.7 Å². The molecule has 2 atom stereocenters. The van der Waals surface area contributed by atoms with Gasteiger partial charge in [0.2, 0.25) is 5.75 Å². The van der Waals surface area contributed by atoms with Crippen molar-refractivity contribution in [2.45, 2.75) is 25.7 Å². The Hall–Kier alpha value is -1.71. The Morgan fingerprint density at radius 2 is 1.57 bits per heavy atom. The number of ketones is 1. The molecule has 0 heterocycles. The molecule has 4 heteroatoms. The van der Waals surface area contributed by atoms with Crippen molar-refractivity contribution in [3.8, 4) is 17.2 Å². The summed E-state index contributed by atoms with van der Waals surface area (Å²) in [5.41, 5.74) is 0.620. The van der Waals surface area contributed by atoms with Gasteiger partial charge in [-0.2, -0.15) is 0 Å². The van der Waals surface area contributed by atoms with Crippen LogP contribution in [0.1, 0.15) is 36.0 Å². The van der Waals surface area contributed by atoms with Gasteiger partial charge in [0.25, 0.3) is 0 Å². The zero-order valence-corrected chi connectivity index (χ0v) is 12.8. The van der Waals surface area contributed by atoms with E-state index < -0.39 is 0 Å². The lowest BCUT2D eigenvalue weighted by atomic mass is 10.0. The van der Waals surface area contributed by atoms with Gasteiger partial charge in [-0.3, -0.25) is 4.79 Å². The number of fused-ring (bicyclic) bond motifs is 1. The molecule has 2 saturated carbocycles. The zero-order chi connectivity index (χ0) is 15.0. The predicted octanol–water partition coefficient (Wildman–Crippen LogP) is 3.33. The highest BCUT2D eigenvalue weighted by Crippen LogP contribution is 2.57. The van der Waals surface area contributed by atoms with E-state index >= 15 is 0 Å². The quantitative estimate of drug-likeness (QED) is 0.780. The van der Waals surface area contributed by atoms with E-state index in [0.29, 0.717) is 34.6 Å². The van der Waals surface area contributed by atoms with E-state index in [0.717, 1.165) is 0 Å². The number of hydrogen-bond donors (Lipinski definition) is 0. The van der Waals surface area contributed by atoms with E-state index in [1.165, 1.54) is 25.7 Å². The van der Waals surface area contributed by atoms with Crippen LogP contribution in [0.4, 0.5) is 0 Å². The molecule has 0 bridgehead atoms. The molecule has 3 rings (SSSR count). The van der Waals surface area contributed by atoms with E-state index in [1.54, 1.807) is 33.5 Å². The third-order valence-corrected chi connectivity index (χ3v) is 4.93. The van der Waals surface area contributed by atoms with Crippen LogP contribution in [0, 0.1) is 17.8 Å². The van der Waals surface area contributed by atoms with E-state index in [9.17, 15) is 4.79 Å². The molecule has 0 N–H and O–H groups in total. The summed E-state index contributed by atoms with van der Waals surface area (Å²) in [6.07, 6.45) is 4.90. The molecular weight excluding hydrogens is 268 g/mol. The summed E-state index contributed by atoms with van der Waals surface area (Å²) in [7, 11) is 4.70. The van der Waals surface area contributed by atoms with Gasteiger partial charge >= 0.3 is 0 Å². The summed E-state index contributed by atoms with van der Waals surface area (Å²) in [5, 5.41) is 0. The summed E-state index contributed by atoms with van der Waals surface area (Å²) < 4.78 is 16.1. The molecular formula is C17H22O4. The molecule has 0 radical (unpaired) electrons. The zero-order valence-electron chi connectivity index (χ0n) is 12.8. The fourth-order valence-electron chi connectivity index (χ4n) is 3.86. The van der Waals surface area contributed by atoms with Crippen LogP contribution in [0.15, 0.2) is 12.1 Å². The standard InChI is InChI=1S/C17H22O4/c1-19-13-9-8-12(16(20-2)17(13)21-3)15(18)14-10-6-4-5-7-11(10)14/h8-11,14H,4-7H2,1-3H3. The van der Waals surface area contributed by atoms with Crippen LogP contribution >= 0.6 is 0 Å². The van der Waals surface area contributed by atoms with Crippen molar-refractivity contribution in [3.05, 3.63) is 17.7 Å². The largest absolute Gasteiger partial charge is 0.493 e. The van der Waals surface area contributed by atoms with Crippen LogP contribution < -0.4 is 14.2 Å². The molecule has 4 nitrogen and oxygen atoms in total. The molecule has 0 spiro atoms. The second-order valence-electron chi connectivity index (χ2n) is 5.88. The average Bonchev–Trinajstić information content (AvgIpc) is 3.26. The maximum atomic E-state index is 12.8. The predicted molar refractivity (Wildman–Crippen MR) is 79.4 cm³/mol. The van der Waals surface area contributed by atoms with Crippen LogP contribution in [0.2, 0.25) is 0 Å². The summed E-state index contributed by atoms with van der Waals surface area (Å²) in [6, 6.07) is 3.58. The Morgan fingerprint density at radius 1 is 0.952 bits per heavy atom. The SMILES string of the molecule is COc1ccc(C(=O)C2C3CCCCC32)c(OC)c1OC. The topological polar surface area (TPSA) is 44.8 Å². The lowest BCUT2D eigenvalue weighted by Gasteiger charge is -2.15. The molecule has 0 saturated heterocycles. The minimum atomic E-state index is 0.180. The lowest BCUT2D eigenvalue weighted by Crippen LogP contribution is -2.08. The first-order valence-electron chi connectivity index (χ1n) is 7.56. The molecule has 2 unspecified atom stereocenters. The number of benzene rings is 1. The van der Waals surface area contributed by atoms with Crippen LogP contribution in [0.25, 0.3) is 0 Å². The second kappa shape index (κ2) is 5.58. The van der Waals surface area contributed by atoms with E-state index in [2.05, 4.69) is 0 Å². The molecule has 1 aromatic rings. The summed E-state index contributed by atoms with van der Waals surface area (Å²) >= 11 is 0. The van der Waals surface area contributed by atoms with Gasteiger partial charge in [-0.25, -0.2) is 0 Å². The fraction of sp³-hybridized carbons (Fsp3) is 0.588. The average molecular weight is 290 g/mol. The first kappa shape index (κ1) is 14.2.